The maximum Gasteiger partial charge on any atom is 0.337 e. The molecule has 1 N–H and O–H groups in total. The molecule has 6 nitrogen and oxygen atoms in total. The molecule has 70 valence electrons. The van der Waals surface area contributed by atoms with Gasteiger partial charge in [-0.1, -0.05) is 5.21 Å². The summed E-state index contributed by atoms with van der Waals surface area (Å²) in [5.74, 6) is -0.463. The van der Waals surface area contributed by atoms with Gasteiger partial charge in [-0.05, 0) is 12.1 Å². The van der Waals surface area contributed by atoms with Crippen LogP contribution in [0.15, 0.2) is 30.7 Å². The van der Waals surface area contributed by atoms with Crippen LogP contribution >= 0.6 is 0 Å². The van der Waals surface area contributed by atoms with Crippen molar-refractivity contribution in [2.75, 3.05) is 0 Å². The molecule has 0 spiro atoms. The summed E-state index contributed by atoms with van der Waals surface area (Å²) < 4.78 is 1.45. The summed E-state index contributed by atoms with van der Waals surface area (Å²) in [7, 11) is 0. The highest BCUT2D eigenvalue weighted by atomic mass is 16.4. The Bertz CT molecular complexity index is 435. The number of pyridine rings is 1. The monoisotopic (exact) mass is 190 g/mol. The van der Waals surface area contributed by atoms with Gasteiger partial charge in [0.25, 0.3) is 0 Å². The fraction of sp³-hybridized carbons (Fsp3) is 0. The molecule has 0 atom stereocenters. The lowest BCUT2D eigenvalue weighted by atomic mass is 10.3. The molecular weight excluding hydrogens is 184 g/mol. The molecule has 0 saturated carbocycles. The van der Waals surface area contributed by atoms with Gasteiger partial charge in [-0.15, -0.1) is 5.10 Å². The van der Waals surface area contributed by atoms with Crippen LogP contribution in [-0.2, 0) is 0 Å². The van der Waals surface area contributed by atoms with Crippen LogP contribution in [0, 0.1) is 0 Å². The molecule has 0 aliphatic carbocycles. The standard InChI is InChI=1S/C8H6N4O2/c13-8(14)6-1-2-7(9-5-6)12-4-3-10-11-12/h1-5H,(H,13,14). The zero-order chi connectivity index (χ0) is 9.97. The molecule has 0 amide bonds. The molecule has 0 aromatic carbocycles. The van der Waals surface area contributed by atoms with Crippen LogP contribution in [0.3, 0.4) is 0 Å². The topological polar surface area (TPSA) is 80.9 Å². The van der Waals surface area contributed by atoms with Gasteiger partial charge in [0, 0.05) is 6.20 Å². The Morgan fingerprint density at radius 2 is 2.29 bits per heavy atom. The van der Waals surface area contributed by atoms with E-state index in [1.165, 1.54) is 23.1 Å². The average Bonchev–Trinajstić information content (AvgIpc) is 2.71. The largest absolute Gasteiger partial charge is 0.478 e. The lowest BCUT2D eigenvalue weighted by Gasteiger charge is -1.98. The van der Waals surface area contributed by atoms with Crippen molar-refractivity contribution < 1.29 is 9.90 Å². The number of hydrogen-bond acceptors (Lipinski definition) is 4. The molecule has 14 heavy (non-hydrogen) atoms. The summed E-state index contributed by atoms with van der Waals surface area (Å²) >= 11 is 0. The molecule has 0 bridgehead atoms. The Hall–Kier alpha value is -2.24. The Labute approximate surface area is 78.8 Å². The maximum atomic E-state index is 10.5. The third-order valence-corrected chi connectivity index (χ3v) is 1.65. The molecule has 2 aromatic heterocycles. The summed E-state index contributed by atoms with van der Waals surface area (Å²) in [6, 6.07) is 3.03. The van der Waals surface area contributed by atoms with Crippen molar-refractivity contribution in [2.24, 2.45) is 0 Å². The van der Waals surface area contributed by atoms with Gasteiger partial charge in [-0.2, -0.15) is 0 Å². The van der Waals surface area contributed by atoms with Crippen molar-refractivity contribution in [3.63, 3.8) is 0 Å². The molecule has 2 rings (SSSR count). The molecule has 0 aliphatic rings. The third-order valence-electron chi connectivity index (χ3n) is 1.65. The highest BCUT2D eigenvalue weighted by molar-refractivity contribution is 5.87. The summed E-state index contributed by atoms with van der Waals surface area (Å²) in [5, 5.41) is 16.0. The highest BCUT2D eigenvalue weighted by Gasteiger charge is 2.03. The van der Waals surface area contributed by atoms with E-state index in [2.05, 4.69) is 15.3 Å². The molecule has 2 aromatic rings. The van der Waals surface area contributed by atoms with E-state index in [0.29, 0.717) is 5.82 Å². The summed E-state index contributed by atoms with van der Waals surface area (Å²) in [6.45, 7) is 0. The summed E-state index contributed by atoms with van der Waals surface area (Å²) in [6.07, 6.45) is 4.43. The number of rotatable bonds is 2. The van der Waals surface area contributed by atoms with Crippen molar-refractivity contribution in [1.82, 2.24) is 20.0 Å². The van der Waals surface area contributed by atoms with Crippen molar-refractivity contribution >= 4 is 5.97 Å². The smallest absolute Gasteiger partial charge is 0.337 e. The third kappa shape index (κ3) is 1.45. The first-order valence-electron chi connectivity index (χ1n) is 3.83. The Morgan fingerprint density at radius 3 is 2.79 bits per heavy atom. The van der Waals surface area contributed by atoms with Crippen LogP contribution in [0.1, 0.15) is 10.4 Å². The Kier molecular flexibility index (Phi) is 1.94. The van der Waals surface area contributed by atoms with Crippen molar-refractivity contribution in [3.05, 3.63) is 36.3 Å². The quantitative estimate of drug-likeness (QED) is 0.739. The number of hydrogen-bond donors (Lipinski definition) is 1. The molecular formula is C8H6N4O2. The van der Waals surface area contributed by atoms with Crippen LogP contribution in [-0.4, -0.2) is 31.1 Å². The van der Waals surface area contributed by atoms with Gasteiger partial charge < -0.3 is 5.11 Å². The van der Waals surface area contributed by atoms with Crippen molar-refractivity contribution in [3.8, 4) is 5.82 Å². The van der Waals surface area contributed by atoms with Crippen LogP contribution in [0.2, 0.25) is 0 Å². The number of nitrogens with zero attached hydrogens (tertiary/aromatic N) is 4. The Balaban J connectivity index is 2.36. The zero-order valence-electron chi connectivity index (χ0n) is 7.03. The molecule has 2 heterocycles. The molecule has 0 saturated heterocycles. The van der Waals surface area contributed by atoms with Gasteiger partial charge in [0.15, 0.2) is 5.82 Å². The molecule has 6 heteroatoms. The van der Waals surface area contributed by atoms with Gasteiger partial charge in [-0.25, -0.2) is 14.5 Å². The van der Waals surface area contributed by atoms with Gasteiger partial charge in [-0.3, -0.25) is 0 Å². The van der Waals surface area contributed by atoms with E-state index in [9.17, 15) is 4.79 Å². The second kappa shape index (κ2) is 3.25. The second-order valence-corrected chi connectivity index (χ2v) is 2.56. The summed E-state index contributed by atoms with van der Waals surface area (Å²) in [4.78, 5) is 14.4. The minimum absolute atomic E-state index is 0.147. The maximum absolute atomic E-state index is 10.5. The molecule has 0 aliphatic heterocycles. The van der Waals surface area contributed by atoms with Crippen LogP contribution in [0.25, 0.3) is 5.82 Å². The lowest BCUT2D eigenvalue weighted by molar-refractivity contribution is 0.0696. The van der Waals surface area contributed by atoms with Gasteiger partial charge >= 0.3 is 5.97 Å². The SMILES string of the molecule is O=C(O)c1ccc(-n2ccnn2)nc1. The van der Waals surface area contributed by atoms with Crippen molar-refractivity contribution in [2.45, 2.75) is 0 Å². The van der Waals surface area contributed by atoms with Gasteiger partial charge in [0.05, 0.1) is 18.0 Å². The van der Waals surface area contributed by atoms with Gasteiger partial charge in [0.2, 0.25) is 0 Å². The molecule has 0 radical (unpaired) electrons. The normalized spacial score (nSPS) is 10.0. The average molecular weight is 190 g/mol. The van der Waals surface area contributed by atoms with E-state index < -0.39 is 5.97 Å². The fourth-order valence-electron chi connectivity index (χ4n) is 0.978. The first-order valence-corrected chi connectivity index (χ1v) is 3.83. The van der Waals surface area contributed by atoms with E-state index in [4.69, 9.17) is 5.11 Å². The first-order chi connectivity index (χ1) is 6.77. The lowest BCUT2D eigenvalue weighted by Crippen LogP contribution is -2.01. The van der Waals surface area contributed by atoms with E-state index in [1.54, 1.807) is 12.3 Å². The van der Waals surface area contributed by atoms with E-state index in [1.807, 2.05) is 0 Å². The predicted octanol–water partition coefficient (Wildman–Crippen LogP) is 0.360. The number of aromatic carboxylic acids is 1. The van der Waals surface area contributed by atoms with E-state index in [0.717, 1.165) is 0 Å². The molecule has 0 fully saturated rings. The summed E-state index contributed by atoms with van der Waals surface area (Å²) in [5.41, 5.74) is 0.147. The fourth-order valence-corrected chi connectivity index (χ4v) is 0.978. The number of carboxylic acid groups (broad SMARTS) is 1. The first kappa shape index (κ1) is 8.36. The number of aromatic nitrogens is 4. The van der Waals surface area contributed by atoms with Gasteiger partial charge in [0.1, 0.15) is 0 Å². The second-order valence-electron chi connectivity index (χ2n) is 2.56. The zero-order valence-corrected chi connectivity index (χ0v) is 7.03. The van der Waals surface area contributed by atoms with Crippen LogP contribution in [0.5, 0.6) is 0 Å². The minimum Gasteiger partial charge on any atom is -0.478 e. The van der Waals surface area contributed by atoms with E-state index >= 15 is 0 Å². The van der Waals surface area contributed by atoms with Crippen LogP contribution in [0.4, 0.5) is 0 Å². The van der Waals surface area contributed by atoms with Crippen molar-refractivity contribution in [1.29, 1.82) is 0 Å². The minimum atomic E-state index is -0.998. The molecule has 0 unspecified atom stereocenters. The highest BCUT2D eigenvalue weighted by Crippen LogP contribution is 2.03. The number of carboxylic acids is 1. The predicted molar refractivity (Wildman–Crippen MR) is 46.1 cm³/mol. The van der Waals surface area contributed by atoms with E-state index in [-0.39, 0.29) is 5.56 Å². The number of carbonyl (C=O) groups is 1. The Morgan fingerprint density at radius 1 is 1.43 bits per heavy atom. The van der Waals surface area contributed by atoms with Crippen LogP contribution < -0.4 is 0 Å².